The van der Waals surface area contributed by atoms with Gasteiger partial charge in [0.2, 0.25) is 0 Å². The number of allylic oxidation sites excluding steroid dienone is 18. The zero-order chi connectivity index (χ0) is 52.2. The molecule has 6 heteroatoms. The number of ether oxygens (including phenoxy) is 3. The summed E-state index contributed by atoms with van der Waals surface area (Å²) in [6.07, 6.45) is 80.9. The van der Waals surface area contributed by atoms with Crippen LogP contribution in [0, 0.1) is 0 Å². The Bertz CT molecular complexity index is 1470. The molecule has 0 rings (SSSR count). The summed E-state index contributed by atoms with van der Waals surface area (Å²) >= 11 is 0. The van der Waals surface area contributed by atoms with Gasteiger partial charge in [-0.3, -0.25) is 14.4 Å². The second kappa shape index (κ2) is 59.6. The van der Waals surface area contributed by atoms with Crippen LogP contribution in [0.4, 0.5) is 0 Å². The third kappa shape index (κ3) is 57.0. The first-order valence-corrected chi connectivity index (χ1v) is 29.9. The molecule has 410 valence electrons. The van der Waals surface area contributed by atoms with Crippen LogP contribution >= 0.6 is 0 Å². The van der Waals surface area contributed by atoms with Crippen molar-refractivity contribution in [1.29, 1.82) is 0 Å². The summed E-state index contributed by atoms with van der Waals surface area (Å²) in [6, 6.07) is 0. The quantitative estimate of drug-likeness (QED) is 0.0261. The van der Waals surface area contributed by atoms with Crippen molar-refractivity contribution in [3.63, 3.8) is 0 Å². The van der Waals surface area contributed by atoms with E-state index >= 15 is 0 Å². The lowest BCUT2D eigenvalue weighted by molar-refractivity contribution is -0.167. The highest BCUT2D eigenvalue weighted by Crippen LogP contribution is 2.15. The fraction of sp³-hybridized carbons (Fsp3) is 0.682. The van der Waals surface area contributed by atoms with Gasteiger partial charge in [-0.25, -0.2) is 0 Å². The lowest BCUT2D eigenvalue weighted by Crippen LogP contribution is -2.30. The van der Waals surface area contributed by atoms with E-state index in [1.165, 1.54) is 103 Å². The summed E-state index contributed by atoms with van der Waals surface area (Å²) in [6.45, 7) is 6.37. The van der Waals surface area contributed by atoms with E-state index in [2.05, 4.69) is 130 Å². The third-order valence-corrected chi connectivity index (χ3v) is 12.5. The van der Waals surface area contributed by atoms with Crippen molar-refractivity contribution in [2.45, 2.75) is 277 Å². The summed E-state index contributed by atoms with van der Waals surface area (Å²) in [7, 11) is 0. The van der Waals surface area contributed by atoms with Crippen LogP contribution in [0.25, 0.3) is 0 Å². The largest absolute Gasteiger partial charge is 0.462 e. The van der Waals surface area contributed by atoms with Crippen molar-refractivity contribution < 1.29 is 28.6 Å². The average Bonchev–Trinajstić information content (AvgIpc) is 3.38. The number of esters is 3. The number of rotatable bonds is 53. The number of carbonyl (C=O) groups is 3. The molecule has 0 aliphatic rings. The highest BCUT2D eigenvalue weighted by molar-refractivity contribution is 5.71. The van der Waals surface area contributed by atoms with Gasteiger partial charge in [-0.1, -0.05) is 239 Å². The molecule has 0 saturated heterocycles. The first-order valence-electron chi connectivity index (χ1n) is 29.9. The molecule has 1 atom stereocenters. The number of hydrogen-bond acceptors (Lipinski definition) is 6. The Kier molecular flexibility index (Phi) is 56.4. The molecule has 0 N–H and O–H groups in total. The van der Waals surface area contributed by atoms with Crippen molar-refractivity contribution >= 4 is 17.9 Å². The van der Waals surface area contributed by atoms with Gasteiger partial charge in [-0.15, -0.1) is 0 Å². The molecule has 0 saturated carbocycles. The van der Waals surface area contributed by atoms with E-state index in [9.17, 15) is 14.4 Å². The second-order valence-corrected chi connectivity index (χ2v) is 19.5. The number of carbonyl (C=O) groups excluding carboxylic acids is 3. The monoisotopic (exact) mass is 999 g/mol. The summed E-state index contributed by atoms with van der Waals surface area (Å²) < 4.78 is 16.9. The van der Waals surface area contributed by atoms with Gasteiger partial charge < -0.3 is 14.2 Å². The second-order valence-electron chi connectivity index (χ2n) is 19.5. The predicted molar refractivity (Wildman–Crippen MR) is 311 cm³/mol. The van der Waals surface area contributed by atoms with Crippen LogP contribution in [-0.4, -0.2) is 37.2 Å². The maximum Gasteiger partial charge on any atom is 0.306 e. The first-order chi connectivity index (χ1) is 35.5. The molecule has 0 fully saturated rings. The van der Waals surface area contributed by atoms with E-state index in [1.54, 1.807) is 0 Å². The van der Waals surface area contributed by atoms with Crippen LogP contribution in [0.1, 0.15) is 271 Å². The topological polar surface area (TPSA) is 78.9 Å². The Hall–Kier alpha value is -3.93. The molecular formula is C66H110O6. The molecule has 6 nitrogen and oxygen atoms in total. The average molecular weight is 1000 g/mol. The van der Waals surface area contributed by atoms with Gasteiger partial charge in [0.15, 0.2) is 6.10 Å². The zero-order valence-corrected chi connectivity index (χ0v) is 46.9. The van der Waals surface area contributed by atoms with Crippen LogP contribution in [0.15, 0.2) is 109 Å². The number of hydrogen-bond donors (Lipinski definition) is 0. The SMILES string of the molecule is CC/C=C\C/C=C\C/C=C\C/C=C\CCCCCCCCCCCCCCC(=O)OCC(COC(=O)CCCCCCC/C=C\CCCCC)OC(=O)CCCCCC/C=C\C/C=C\C/C=C\C/C=C\CC. The molecule has 1 unspecified atom stereocenters. The summed E-state index contributed by atoms with van der Waals surface area (Å²) in [5.41, 5.74) is 0. The highest BCUT2D eigenvalue weighted by Gasteiger charge is 2.19. The molecule has 0 bridgehead atoms. The summed E-state index contributed by atoms with van der Waals surface area (Å²) in [5, 5.41) is 0. The van der Waals surface area contributed by atoms with Crippen molar-refractivity contribution in [2.24, 2.45) is 0 Å². The molecule has 72 heavy (non-hydrogen) atoms. The highest BCUT2D eigenvalue weighted by atomic mass is 16.6. The minimum Gasteiger partial charge on any atom is -0.462 e. The van der Waals surface area contributed by atoms with Gasteiger partial charge in [0.1, 0.15) is 13.2 Å². The van der Waals surface area contributed by atoms with Crippen molar-refractivity contribution in [1.82, 2.24) is 0 Å². The van der Waals surface area contributed by atoms with Crippen LogP contribution in [-0.2, 0) is 28.6 Å². The van der Waals surface area contributed by atoms with Gasteiger partial charge in [-0.05, 0) is 122 Å². The third-order valence-electron chi connectivity index (χ3n) is 12.5. The summed E-state index contributed by atoms with van der Waals surface area (Å²) in [4.78, 5) is 38.2. The van der Waals surface area contributed by atoms with E-state index in [4.69, 9.17) is 14.2 Å². The van der Waals surface area contributed by atoms with Gasteiger partial charge >= 0.3 is 17.9 Å². The van der Waals surface area contributed by atoms with Crippen LogP contribution in [0.3, 0.4) is 0 Å². The zero-order valence-electron chi connectivity index (χ0n) is 46.9. The van der Waals surface area contributed by atoms with Crippen LogP contribution < -0.4 is 0 Å². The van der Waals surface area contributed by atoms with Crippen molar-refractivity contribution in [3.8, 4) is 0 Å². The van der Waals surface area contributed by atoms with E-state index < -0.39 is 6.10 Å². The minimum atomic E-state index is -0.797. The van der Waals surface area contributed by atoms with E-state index in [1.807, 2.05) is 0 Å². The predicted octanol–water partition coefficient (Wildman–Crippen LogP) is 20.3. The summed E-state index contributed by atoms with van der Waals surface area (Å²) in [5.74, 6) is -0.925. The van der Waals surface area contributed by atoms with Gasteiger partial charge in [0.05, 0.1) is 0 Å². The van der Waals surface area contributed by atoms with Gasteiger partial charge in [0.25, 0.3) is 0 Å². The van der Waals surface area contributed by atoms with Crippen LogP contribution in [0.2, 0.25) is 0 Å². The normalized spacial score (nSPS) is 12.9. The van der Waals surface area contributed by atoms with Crippen molar-refractivity contribution in [3.05, 3.63) is 109 Å². The molecule has 0 aliphatic carbocycles. The van der Waals surface area contributed by atoms with Crippen molar-refractivity contribution in [2.75, 3.05) is 13.2 Å². The Morgan fingerprint density at radius 2 is 0.542 bits per heavy atom. The fourth-order valence-electron chi connectivity index (χ4n) is 8.07. The lowest BCUT2D eigenvalue weighted by atomic mass is 10.0. The standard InChI is InChI=1S/C66H110O6/c1-4-7-10-13-16-19-22-25-27-29-30-31-32-33-34-35-36-38-39-41-44-47-50-53-56-59-65(68)71-62-63(61-70-64(67)58-55-52-49-46-43-24-21-18-15-12-9-6-3)72-66(69)60-57-54-51-48-45-42-40-37-28-26-23-20-17-14-11-8-5-2/h7-8,10-11,16-21,25-28,30-31,40,42,63H,4-6,9,12-15,22-24,29,32-39,41,43-62H2,1-3H3/b10-7-,11-8-,19-16-,20-17-,21-18-,27-25-,28-26-,31-30-,42-40-. The molecule has 0 amide bonds. The molecular weight excluding hydrogens is 889 g/mol. The molecule has 0 aromatic carbocycles. The fourth-order valence-corrected chi connectivity index (χ4v) is 8.07. The smallest absolute Gasteiger partial charge is 0.306 e. The van der Waals surface area contributed by atoms with Gasteiger partial charge in [-0.2, -0.15) is 0 Å². The van der Waals surface area contributed by atoms with Crippen LogP contribution in [0.5, 0.6) is 0 Å². The molecule has 0 aromatic rings. The molecule has 0 aliphatic heterocycles. The molecule has 0 heterocycles. The Morgan fingerprint density at radius 3 is 0.861 bits per heavy atom. The molecule has 0 radical (unpaired) electrons. The maximum absolute atomic E-state index is 12.9. The first kappa shape index (κ1) is 68.1. The Labute approximate surface area is 444 Å². The van der Waals surface area contributed by atoms with E-state index in [0.717, 1.165) is 128 Å². The Balaban J connectivity index is 4.34. The van der Waals surface area contributed by atoms with Gasteiger partial charge in [0, 0.05) is 19.3 Å². The maximum atomic E-state index is 12.9. The van der Waals surface area contributed by atoms with E-state index in [0.29, 0.717) is 19.3 Å². The lowest BCUT2D eigenvalue weighted by Gasteiger charge is -2.18. The number of unbranched alkanes of at least 4 members (excludes halogenated alkanes) is 24. The molecule has 0 aromatic heterocycles. The Morgan fingerprint density at radius 1 is 0.292 bits per heavy atom. The van der Waals surface area contributed by atoms with E-state index in [-0.39, 0.29) is 31.1 Å². The molecule has 0 spiro atoms. The minimum absolute atomic E-state index is 0.0922.